The average Bonchev–Trinajstić information content (AvgIpc) is 2.55. The van der Waals surface area contributed by atoms with Crippen LogP contribution >= 0.6 is 0 Å². The zero-order valence-corrected chi connectivity index (χ0v) is 11.6. The normalized spacial score (nSPS) is 16.7. The van der Waals surface area contributed by atoms with Gasteiger partial charge in [-0.25, -0.2) is 4.79 Å². The summed E-state index contributed by atoms with van der Waals surface area (Å²) in [6, 6.07) is 17.7. The number of cyclic esters (lactones) is 1. The number of hydrogen-bond donors (Lipinski definition) is 0. The van der Waals surface area contributed by atoms with Crippen molar-refractivity contribution < 1.29 is 9.53 Å². The molecule has 0 spiro atoms. The van der Waals surface area contributed by atoms with E-state index in [9.17, 15) is 4.79 Å². The minimum Gasteiger partial charge on any atom is -0.452 e. The van der Waals surface area contributed by atoms with Crippen LogP contribution in [0.1, 0.15) is 35.3 Å². The number of hydrogen-bond acceptors (Lipinski definition) is 2. The van der Waals surface area contributed by atoms with E-state index < -0.39 is 5.60 Å². The van der Waals surface area contributed by atoms with Gasteiger partial charge in [0.1, 0.15) is 5.60 Å². The summed E-state index contributed by atoms with van der Waals surface area (Å²) in [7, 11) is 0. The van der Waals surface area contributed by atoms with E-state index in [4.69, 9.17) is 4.74 Å². The molecule has 2 aromatic rings. The molecule has 0 saturated carbocycles. The highest BCUT2D eigenvalue weighted by Gasteiger charge is 2.29. The summed E-state index contributed by atoms with van der Waals surface area (Å²) >= 11 is 0. The van der Waals surface area contributed by atoms with Gasteiger partial charge in [0.25, 0.3) is 0 Å². The lowest BCUT2D eigenvalue weighted by Crippen LogP contribution is -2.24. The van der Waals surface area contributed by atoms with Gasteiger partial charge in [0.2, 0.25) is 0 Å². The quantitative estimate of drug-likeness (QED) is 0.726. The lowest BCUT2D eigenvalue weighted by atomic mass is 9.92. The number of carbonyl (C=O) groups excluding carboxylic acids is 1. The summed E-state index contributed by atoms with van der Waals surface area (Å²) in [5, 5.41) is 0. The average molecular weight is 264 g/mol. The first kappa shape index (κ1) is 12.7. The van der Waals surface area contributed by atoms with Crippen LogP contribution in [-0.2, 0) is 4.74 Å². The van der Waals surface area contributed by atoms with Crippen molar-refractivity contribution in [2.75, 3.05) is 0 Å². The zero-order chi connectivity index (χ0) is 14.2. The molecule has 0 bridgehead atoms. The standard InChI is InChI=1S/C18H16O2/c1-18(2)12-16(13-8-4-3-5-9-13)14-10-6-7-11-15(14)17(19)20-18/h3-12H,1-2H3. The molecule has 0 N–H and O–H groups in total. The van der Waals surface area contributed by atoms with Gasteiger partial charge in [0.15, 0.2) is 0 Å². The Morgan fingerprint density at radius 2 is 1.45 bits per heavy atom. The molecule has 2 heteroatoms. The zero-order valence-electron chi connectivity index (χ0n) is 11.6. The van der Waals surface area contributed by atoms with E-state index in [0.29, 0.717) is 5.56 Å². The molecule has 2 nitrogen and oxygen atoms in total. The number of rotatable bonds is 1. The van der Waals surface area contributed by atoms with Crippen LogP contribution in [0.5, 0.6) is 0 Å². The van der Waals surface area contributed by atoms with Gasteiger partial charge in [0, 0.05) is 0 Å². The van der Waals surface area contributed by atoms with E-state index in [-0.39, 0.29) is 5.97 Å². The van der Waals surface area contributed by atoms with Crippen LogP contribution in [0.4, 0.5) is 0 Å². The molecule has 1 aliphatic heterocycles. The Morgan fingerprint density at radius 3 is 2.15 bits per heavy atom. The smallest absolute Gasteiger partial charge is 0.339 e. The van der Waals surface area contributed by atoms with Gasteiger partial charge < -0.3 is 4.74 Å². The van der Waals surface area contributed by atoms with E-state index in [1.807, 2.05) is 62.4 Å². The lowest BCUT2D eigenvalue weighted by molar-refractivity contribution is 0.0181. The Bertz CT molecular complexity index is 682. The maximum Gasteiger partial charge on any atom is 0.339 e. The molecular formula is C18H16O2. The molecule has 1 heterocycles. The fourth-order valence-corrected chi connectivity index (χ4v) is 2.50. The third kappa shape index (κ3) is 2.25. The minimum atomic E-state index is -0.624. The molecule has 0 unspecified atom stereocenters. The Kier molecular flexibility index (Phi) is 2.94. The van der Waals surface area contributed by atoms with Crippen molar-refractivity contribution in [2.24, 2.45) is 0 Å². The van der Waals surface area contributed by atoms with E-state index >= 15 is 0 Å². The predicted octanol–water partition coefficient (Wildman–Crippen LogP) is 4.07. The molecule has 1 aliphatic rings. The second-order valence-electron chi connectivity index (χ2n) is 5.46. The molecule has 20 heavy (non-hydrogen) atoms. The summed E-state index contributed by atoms with van der Waals surface area (Å²) in [6.45, 7) is 3.80. The SMILES string of the molecule is CC1(C)C=C(c2ccccc2)c2ccccc2C(=O)O1. The third-order valence-electron chi connectivity index (χ3n) is 3.37. The van der Waals surface area contributed by atoms with Gasteiger partial charge in [-0.1, -0.05) is 48.5 Å². The summed E-state index contributed by atoms with van der Waals surface area (Å²) < 4.78 is 5.56. The highest BCUT2D eigenvalue weighted by Crippen LogP contribution is 2.33. The van der Waals surface area contributed by atoms with Crippen molar-refractivity contribution in [3.8, 4) is 0 Å². The second-order valence-corrected chi connectivity index (χ2v) is 5.46. The Balaban J connectivity index is 2.26. The monoisotopic (exact) mass is 264 g/mol. The van der Waals surface area contributed by atoms with Crippen LogP contribution in [0.15, 0.2) is 60.7 Å². The van der Waals surface area contributed by atoms with Crippen LogP contribution in [0.3, 0.4) is 0 Å². The number of fused-ring (bicyclic) bond motifs is 1. The summed E-state index contributed by atoms with van der Waals surface area (Å²) in [5.74, 6) is -0.271. The number of ether oxygens (including phenoxy) is 1. The van der Waals surface area contributed by atoms with Gasteiger partial charge in [-0.15, -0.1) is 0 Å². The van der Waals surface area contributed by atoms with Crippen molar-refractivity contribution in [1.82, 2.24) is 0 Å². The van der Waals surface area contributed by atoms with Crippen LogP contribution in [0.25, 0.3) is 5.57 Å². The van der Waals surface area contributed by atoms with E-state index in [1.165, 1.54) is 0 Å². The number of carbonyl (C=O) groups is 1. The molecule has 2 aromatic carbocycles. The first-order chi connectivity index (χ1) is 9.57. The molecule has 0 amide bonds. The third-order valence-corrected chi connectivity index (χ3v) is 3.37. The minimum absolute atomic E-state index is 0.271. The Morgan fingerprint density at radius 1 is 0.850 bits per heavy atom. The second kappa shape index (κ2) is 4.64. The summed E-state index contributed by atoms with van der Waals surface area (Å²) in [5.41, 5.74) is 3.05. The van der Waals surface area contributed by atoms with Crippen LogP contribution < -0.4 is 0 Å². The van der Waals surface area contributed by atoms with Crippen LogP contribution in [-0.4, -0.2) is 11.6 Å². The number of esters is 1. The highest BCUT2D eigenvalue weighted by molar-refractivity contribution is 5.99. The van der Waals surface area contributed by atoms with Gasteiger partial charge in [-0.3, -0.25) is 0 Å². The van der Waals surface area contributed by atoms with Crippen molar-refractivity contribution in [3.63, 3.8) is 0 Å². The lowest BCUT2D eigenvalue weighted by Gasteiger charge is -2.20. The van der Waals surface area contributed by atoms with Gasteiger partial charge in [-0.05, 0) is 42.7 Å². The van der Waals surface area contributed by atoms with Gasteiger partial charge >= 0.3 is 5.97 Å². The maximum atomic E-state index is 12.2. The van der Waals surface area contributed by atoms with Gasteiger partial charge in [0.05, 0.1) is 5.56 Å². The molecule has 0 aromatic heterocycles. The number of benzene rings is 2. The first-order valence-electron chi connectivity index (χ1n) is 6.68. The topological polar surface area (TPSA) is 26.3 Å². The fourth-order valence-electron chi connectivity index (χ4n) is 2.50. The Hall–Kier alpha value is -2.35. The molecule has 100 valence electrons. The molecule has 0 aliphatic carbocycles. The highest BCUT2D eigenvalue weighted by atomic mass is 16.6. The van der Waals surface area contributed by atoms with Crippen molar-refractivity contribution in [1.29, 1.82) is 0 Å². The predicted molar refractivity (Wildman–Crippen MR) is 79.5 cm³/mol. The van der Waals surface area contributed by atoms with Crippen molar-refractivity contribution in [2.45, 2.75) is 19.4 Å². The molecule has 0 radical (unpaired) electrons. The Labute approximate surface area is 118 Å². The molecule has 0 atom stereocenters. The van der Waals surface area contributed by atoms with E-state index in [0.717, 1.165) is 16.7 Å². The van der Waals surface area contributed by atoms with Crippen LogP contribution in [0.2, 0.25) is 0 Å². The molecular weight excluding hydrogens is 248 g/mol. The van der Waals surface area contributed by atoms with E-state index in [1.54, 1.807) is 0 Å². The largest absolute Gasteiger partial charge is 0.452 e. The maximum absolute atomic E-state index is 12.2. The van der Waals surface area contributed by atoms with E-state index in [2.05, 4.69) is 12.1 Å². The summed E-state index contributed by atoms with van der Waals surface area (Å²) in [6.07, 6.45) is 2.02. The summed E-state index contributed by atoms with van der Waals surface area (Å²) in [4.78, 5) is 12.2. The van der Waals surface area contributed by atoms with Crippen molar-refractivity contribution >= 4 is 11.5 Å². The molecule has 3 rings (SSSR count). The molecule has 0 fully saturated rings. The first-order valence-corrected chi connectivity index (χ1v) is 6.68. The fraction of sp³-hybridized carbons (Fsp3) is 0.167. The van der Waals surface area contributed by atoms with Crippen LogP contribution in [0, 0.1) is 0 Å². The van der Waals surface area contributed by atoms with Crippen molar-refractivity contribution in [3.05, 3.63) is 77.4 Å². The van der Waals surface area contributed by atoms with Gasteiger partial charge in [-0.2, -0.15) is 0 Å². The molecule has 0 saturated heterocycles.